The van der Waals surface area contributed by atoms with Crippen molar-refractivity contribution in [3.8, 4) is 5.75 Å². The molecule has 0 aliphatic rings. The Balaban J connectivity index is 2.62. The quantitative estimate of drug-likeness (QED) is 0.764. The normalized spacial score (nSPS) is 13.1. The van der Waals surface area contributed by atoms with Crippen LogP contribution in [0.3, 0.4) is 0 Å². The predicted molar refractivity (Wildman–Crippen MR) is 75.3 cm³/mol. The van der Waals surface area contributed by atoms with Crippen LogP contribution < -0.4 is 5.32 Å². The SMILES string of the molecule is Cc1ccc(C(=O)NCC(C)(C)CC(C)O)cc1O. The minimum atomic E-state index is -0.393. The number of aliphatic hydroxyl groups excluding tert-OH is 1. The van der Waals surface area contributed by atoms with Crippen molar-refractivity contribution >= 4 is 5.91 Å². The van der Waals surface area contributed by atoms with Crippen LogP contribution in [-0.4, -0.2) is 28.8 Å². The van der Waals surface area contributed by atoms with E-state index in [9.17, 15) is 15.0 Å². The maximum atomic E-state index is 12.0. The number of carbonyl (C=O) groups is 1. The molecule has 19 heavy (non-hydrogen) atoms. The summed E-state index contributed by atoms with van der Waals surface area (Å²) in [6.45, 7) is 7.98. The molecule has 4 heteroatoms. The summed E-state index contributed by atoms with van der Waals surface area (Å²) >= 11 is 0. The van der Waals surface area contributed by atoms with Crippen LogP contribution in [0.5, 0.6) is 5.75 Å². The number of nitrogens with one attached hydrogen (secondary N) is 1. The number of phenolic OH excluding ortho intramolecular Hbond substituents is 1. The van der Waals surface area contributed by atoms with Gasteiger partial charge < -0.3 is 15.5 Å². The topological polar surface area (TPSA) is 69.6 Å². The summed E-state index contributed by atoms with van der Waals surface area (Å²) in [4.78, 5) is 12.0. The number of aromatic hydroxyl groups is 1. The third-order valence-electron chi connectivity index (χ3n) is 3.05. The molecular formula is C15H23NO3. The van der Waals surface area contributed by atoms with Crippen LogP contribution in [0.1, 0.15) is 43.1 Å². The van der Waals surface area contributed by atoms with Crippen LogP contribution >= 0.6 is 0 Å². The van der Waals surface area contributed by atoms with Gasteiger partial charge in [0.2, 0.25) is 0 Å². The van der Waals surface area contributed by atoms with E-state index in [4.69, 9.17) is 0 Å². The molecule has 0 aromatic heterocycles. The lowest BCUT2D eigenvalue weighted by Crippen LogP contribution is -2.35. The van der Waals surface area contributed by atoms with Crippen molar-refractivity contribution in [2.75, 3.05) is 6.54 Å². The van der Waals surface area contributed by atoms with Crippen LogP contribution in [0.15, 0.2) is 18.2 Å². The Kier molecular flexibility index (Phi) is 4.95. The van der Waals surface area contributed by atoms with Gasteiger partial charge in [-0.1, -0.05) is 19.9 Å². The van der Waals surface area contributed by atoms with Crippen LogP contribution in [0.2, 0.25) is 0 Å². The van der Waals surface area contributed by atoms with Crippen molar-refractivity contribution < 1.29 is 15.0 Å². The second kappa shape index (κ2) is 6.06. The molecule has 0 aliphatic carbocycles. The van der Waals surface area contributed by atoms with Gasteiger partial charge in [0.05, 0.1) is 6.10 Å². The number of aliphatic hydroxyl groups is 1. The van der Waals surface area contributed by atoms with Gasteiger partial charge >= 0.3 is 0 Å². The van der Waals surface area contributed by atoms with E-state index in [1.54, 1.807) is 26.0 Å². The van der Waals surface area contributed by atoms with Gasteiger partial charge in [0.25, 0.3) is 5.91 Å². The van der Waals surface area contributed by atoms with E-state index in [2.05, 4.69) is 5.32 Å². The Hall–Kier alpha value is -1.55. The summed E-state index contributed by atoms with van der Waals surface area (Å²) in [6, 6.07) is 4.86. The molecule has 1 amide bonds. The van der Waals surface area contributed by atoms with Crippen molar-refractivity contribution in [1.29, 1.82) is 0 Å². The Labute approximate surface area is 114 Å². The van der Waals surface area contributed by atoms with Crippen molar-refractivity contribution in [1.82, 2.24) is 5.32 Å². The highest BCUT2D eigenvalue weighted by Gasteiger charge is 2.21. The van der Waals surface area contributed by atoms with E-state index >= 15 is 0 Å². The minimum absolute atomic E-state index is 0.121. The summed E-state index contributed by atoms with van der Waals surface area (Å²) in [5.41, 5.74) is 1.01. The summed E-state index contributed by atoms with van der Waals surface area (Å²) in [7, 11) is 0. The van der Waals surface area contributed by atoms with E-state index in [-0.39, 0.29) is 17.1 Å². The maximum absolute atomic E-state index is 12.0. The van der Waals surface area contributed by atoms with Crippen LogP contribution in [0, 0.1) is 12.3 Å². The molecule has 1 rings (SSSR count). The first-order valence-corrected chi connectivity index (χ1v) is 6.47. The molecule has 1 atom stereocenters. The third-order valence-corrected chi connectivity index (χ3v) is 3.05. The average Bonchev–Trinajstić information content (AvgIpc) is 2.28. The van der Waals surface area contributed by atoms with Crippen LogP contribution in [0.4, 0.5) is 0 Å². The molecule has 0 saturated carbocycles. The molecule has 0 heterocycles. The lowest BCUT2D eigenvalue weighted by atomic mass is 9.87. The Morgan fingerprint density at radius 2 is 2.05 bits per heavy atom. The van der Waals surface area contributed by atoms with Crippen LogP contribution in [-0.2, 0) is 0 Å². The zero-order valence-electron chi connectivity index (χ0n) is 12.0. The zero-order chi connectivity index (χ0) is 14.6. The summed E-state index contributed by atoms with van der Waals surface area (Å²) < 4.78 is 0. The third kappa shape index (κ3) is 4.91. The number of rotatable bonds is 5. The van der Waals surface area contributed by atoms with Gasteiger partial charge in [-0.3, -0.25) is 4.79 Å². The molecule has 1 aromatic rings. The van der Waals surface area contributed by atoms with Crippen LogP contribution in [0.25, 0.3) is 0 Å². The monoisotopic (exact) mass is 265 g/mol. The Bertz CT molecular complexity index is 453. The molecule has 0 saturated heterocycles. The highest BCUT2D eigenvalue weighted by molar-refractivity contribution is 5.94. The molecule has 1 aromatic carbocycles. The van der Waals surface area contributed by atoms with E-state index in [1.807, 2.05) is 13.8 Å². The van der Waals surface area contributed by atoms with Crippen molar-refractivity contribution in [3.05, 3.63) is 29.3 Å². The number of benzene rings is 1. The van der Waals surface area contributed by atoms with Gasteiger partial charge in [-0.2, -0.15) is 0 Å². The number of phenols is 1. The van der Waals surface area contributed by atoms with Gasteiger partial charge in [0, 0.05) is 12.1 Å². The average molecular weight is 265 g/mol. The maximum Gasteiger partial charge on any atom is 0.251 e. The molecule has 4 nitrogen and oxygen atoms in total. The Morgan fingerprint density at radius 3 is 2.58 bits per heavy atom. The fourth-order valence-corrected chi connectivity index (χ4v) is 2.04. The lowest BCUT2D eigenvalue weighted by molar-refractivity contribution is 0.0901. The number of aryl methyl sites for hydroxylation is 1. The fourth-order valence-electron chi connectivity index (χ4n) is 2.04. The lowest BCUT2D eigenvalue weighted by Gasteiger charge is -2.26. The van der Waals surface area contributed by atoms with Gasteiger partial charge in [0.1, 0.15) is 5.75 Å². The molecule has 0 radical (unpaired) electrons. The zero-order valence-corrected chi connectivity index (χ0v) is 12.0. The molecule has 1 unspecified atom stereocenters. The van der Waals surface area contributed by atoms with E-state index in [0.717, 1.165) is 5.56 Å². The van der Waals surface area contributed by atoms with Gasteiger partial charge in [-0.15, -0.1) is 0 Å². The molecule has 3 N–H and O–H groups in total. The summed E-state index contributed by atoms with van der Waals surface area (Å²) in [5, 5.41) is 21.8. The molecule has 0 fully saturated rings. The van der Waals surface area contributed by atoms with E-state index < -0.39 is 6.10 Å². The molecule has 106 valence electrons. The first-order chi connectivity index (χ1) is 8.71. The number of amides is 1. The summed E-state index contributed by atoms with van der Waals surface area (Å²) in [6.07, 6.45) is 0.224. The molecule has 0 aliphatic heterocycles. The Morgan fingerprint density at radius 1 is 1.42 bits per heavy atom. The highest BCUT2D eigenvalue weighted by atomic mass is 16.3. The minimum Gasteiger partial charge on any atom is -0.508 e. The smallest absolute Gasteiger partial charge is 0.251 e. The number of hydrogen-bond acceptors (Lipinski definition) is 3. The van der Waals surface area contributed by atoms with E-state index in [0.29, 0.717) is 18.5 Å². The first-order valence-electron chi connectivity index (χ1n) is 6.47. The second-order valence-electron chi connectivity index (χ2n) is 5.90. The predicted octanol–water partition coefficient (Wildman–Crippen LogP) is 2.23. The number of hydrogen-bond donors (Lipinski definition) is 3. The summed E-state index contributed by atoms with van der Waals surface area (Å²) in [5.74, 6) is -0.0927. The van der Waals surface area contributed by atoms with Crippen molar-refractivity contribution in [2.45, 2.75) is 40.2 Å². The van der Waals surface area contributed by atoms with Gasteiger partial charge in [-0.05, 0) is 43.4 Å². The fraction of sp³-hybridized carbons (Fsp3) is 0.533. The highest BCUT2D eigenvalue weighted by Crippen LogP contribution is 2.22. The van der Waals surface area contributed by atoms with Gasteiger partial charge in [0.15, 0.2) is 0 Å². The first kappa shape index (κ1) is 15.5. The number of carbonyl (C=O) groups excluding carboxylic acids is 1. The largest absolute Gasteiger partial charge is 0.508 e. The van der Waals surface area contributed by atoms with Crippen molar-refractivity contribution in [2.24, 2.45) is 5.41 Å². The standard InChI is InChI=1S/C15H23NO3/c1-10-5-6-12(7-13(10)18)14(19)16-9-15(3,4)8-11(2)17/h5-7,11,17-18H,8-9H2,1-4H3,(H,16,19). The molecular weight excluding hydrogens is 242 g/mol. The molecule has 0 bridgehead atoms. The van der Waals surface area contributed by atoms with E-state index in [1.165, 1.54) is 6.07 Å². The molecule has 0 spiro atoms. The van der Waals surface area contributed by atoms with Crippen molar-refractivity contribution in [3.63, 3.8) is 0 Å². The second-order valence-corrected chi connectivity index (χ2v) is 5.90. The van der Waals surface area contributed by atoms with Gasteiger partial charge in [-0.25, -0.2) is 0 Å².